The summed E-state index contributed by atoms with van der Waals surface area (Å²) in [5.74, 6) is 0.298. The van der Waals surface area contributed by atoms with Gasteiger partial charge >= 0.3 is 0 Å². The molecule has 1 amide bonds. The van der Waals surface area contributed by atoms with Crippen molar-refractivity contribution >= 4 is 28.9 Å². The fourth-order valence-electron chi connectivity index (χ4n) is 2.63. The lowest BCUT2D eigenvalue weighted by Crippen LogP contribution is -2.13. The van der Waals surface area contributed by atoms with Crippen LogP contribution >= 0.6 is 11.6 Å². The van der Waals surface area contributed by atoms with Crippen LogP contribution in [-0.2, 0) is 6.61 Å². The first-order valence-electron chi connectivity index (χ1n) is 8.38. The molecule has 28 heavy (non-hydrogen) atoms. The van der Waals surface area contributed by atoms with Crippen molar-refractivity contribution in [3.63, 3.8) is 0 Å². The summed E-state index contributed by atoms with van der Waals surface area (Å²) >= 11 is 6.00. The molecule has 0 spiro atoms. The van der Waals surface area contributed by atoms with Gasteiger partial charge in [-0.1, -0.05) is 29.8 Å². The van der Waals surface area contributed by atoms with Gasteiger partial charge in [0.1, 0.15) is 18.1 Å². The number of rotatable bonds is 6. The van der Waals surface area contributed by atoms with E-state index in [1.54, 1.807) is 6.07 Å². The molecule has 144 valence electrons. The molecule has 0 saturated heterocycles. The quantitative estimate of drug-likeness (QED) is 0.448. The number of nitro groups is 1. The molecule has 0 saturated carbocycles. The number of para-hydroxylation sites is 1. The minimum absolute atomic E-state index is 0.0302. The number of anilines is 1. The van der Waals surface area contributed by atoms with Gasteiger partial charge in [0.2, 0.25) is 0 Å². The molecule has 7 nitrogen and oxygen atoms in total. The second kappa shape index (κ2) is 8.14. The van der Waals surface area contributed by atoms with Gasteiger partial charge in [-0.15, -0.1) is 0 Å². The molecule has 0 bridgehead atoms. The van der Waals surface area contributed by atoms with E-state index in [2.05, 4.69) is 5.32 Å². The molecule has 0 aliphatic carbocycles. The second-order valence-corrected chi connectivity index (χ2v) is 6.55. The first kappa shape index (κ1) is 19.4. The van der Waals surface area contributed by atoms with Crippen LogP contribution in [0.25, 0.3) is 0 Å². The highest BCUT2D eigenvalue weighted by molar-refractivity contribution is 6.32. The normalized spacial score (nSPS) is 10.5. The summed E-state index contributed by atoms with van der Waals surface area (Å²) in [6.07, 6.45) is 0. The zero-order valence-corrected chi connectivity index (χ0v) is 15.9. The molecule has 3 aromatic rings. The standard InChI is InChI=1S/C20H17ClN2O5/c1-12-4-3-5-13(2)19(12)22-20(24)17-9-7-15(28-17)11-27-18-10-14(23(25)26)6-8-16(18)21/h3-10H,11H2,1-2H3,(H,22,24). The summed E-state index contributed by atoms with van der Waals surface area (Å²) in [6, 6.07) is 12.8. The molecule has 0 atom stereocenters. The largest absolute Gasteiger partial charge is 0.484 e. The van der Waals surface area contributed by atoms with Crippen LogP contribution in [-0.4, -0.2) is 10.8 Å². The Kier molecular flexibility index (Phi) is 5.65. The fourth-order valence-corrected chi connectivity index (χ4v) is 2.80. The number of ether oxygens (including phenoxy) is 1. The number of benzene rings is 2. The number of hydrogen-bond donors (Lipinski definition) is 1. The van der Waals surface area contributed by atoms with Crippen LogP contribution in [0.5, 0.6) is 5.75 Å². The van der Waals surface area contributed by atoms with E-state index in [1.807, 2.05) is 32.0 Å². The van der Waals surface area contributed by atoms with E-state index in [9.17, 15) is 14.9 Å². The van der Waals surface area contributed by atoms with Gasteiger partial charge in [-0.3, -0.25) is 14.9 Å². The van der Waals surface area contributed by atoms with Crippen molar-refractivity contribution in [1.29, 1.82) is 0 Å². The van der Waals surface area contributed by atoms with Crippen molar-refractivity contribution in [2.75, 3.05) is 5.32 Å². The molecular formula is C20H17ClN2O5. The first-order chi connectivity index (χ1) is 13.3. The third-order valence-electron chi connectivity index (χ3n) is 4.10. The second-order valence-electron chi connectivity index (χ2n) is 6.15. The van der Waals surface area contributed by atoms with Crippen molar-refractivity contribution < 1.29 is 18.9 Å². The SMILES string of the molecule is Cc1cccc(C)c1NC(=O)c1ccc(COc2cc([N+](=O)[O-])ccc2Cl)o1. The van der Waals surface area contributed by atoms with Crippen molar-refractivity contribution in [1.82, 2.24) is 0 Å². The summed E-state index contributed by atoms with van der Waals surface area (Å²) in [6.45, 7) is 3.79. The maximum atomic E-state index is 12.4. The molecule has 0 radical (unpaired) electrons. The number of nitrogens with zero attached hydrogens (tertiary/aromatic N) is 1. The maximum absolute atomic E-state index is 12.4. The Morgan fingerprint density at radius 2 is 1.89 bits per heavy atom. The number of nitro benzene ring substituents is 1. The number of nitrogens with one attached hydrogen (secondary N) is 1. The minimum atomic E-state index is -0.536. The Morgan fingerprint density at radius 3 is 2.57 bits per heavy atom. The van der Waals surface area contributed by atoms with Gasteiger partial charge < -0.3 is 14.5 Å². The van der Waals surface area contributed by atoms with E-state index < -0.39 is 4.92 Å². The van der Waals surface area contributed by atoms with Crippen molar-refractivity contribution in [2.45, 2.75) is 20.5 Å². The molecule has 0 aliphatic heterocycles. The van der Waals surface area contributed by atoms with Crippen LogP contribution < -0.4 is 10.1 Å². The topological polar surface area (TPSA) is 94.6 Å². The van der Waals surface area contributed by atoms with Gasteiger partial charge in [-0.05, 0) is 43.2 Å². The molecule has 0 fully saturated rings. The zero-order chi connectivity index (χ0) is 20.3. The summed E-state index contributed by atoms with van der Waals surface area (Å²) in [4.78, 5) is 22.8. The average molecular weight is 401 g/mol. The number of furan rings is 1. The Labute approximate surface area is 166 Å². The van der Waals surface area contributed by atoms with Crippen molar-refractivity contribution in [3.8, 4) is 5.75 Å². The van der Waals surface area contributed by atoms with Crippen LogP contribution in [0, 0.1) is 24.0 Å². The van der Waals surface area contributed by atoms with Gasteiger partial charge in [-0.25, -0.2) is 0 Å². The van der Waals surface area contributed by atoms with Gasteiger partial charge in [0, 0.05) is 11.8 Å². The monoisotopic (exact) mass is 400 g/mol. The molecule has 3 rings (SSSR count). The van der Waals surface area contributed by atoms with E-state index in [4.69, 9.17) is 20.8 Å². The van der Waals surface area contributed by atoms with E-state index in [0.717, 1.165) is 16.8 Å². The average Bonchev–Trinajstić information content (AvgIpc) is 3.13. The van der Waals surface area contributed by atoms with Crippen LogP contribution in [0.1, 0.15) is 27.4 Å². The smallest absolute Gasteiger partial charge is 0.291 e. The van der Waals surface area contributed by atoms with Crippen LogP contribution in [0.4, 0.5) is 11.4 Å². The third kappa shape index (κ3) is 4.32. The first-order valence-corrected chi connectivity index (χ1v) is 8.76. The molecule has 1 aromatic heterocycles. The number of aryl methyl sites for hydroxylation is 2. The number of non-ortho nitro benzene ring substituents is 1. The predicted octanol–water partition coefficient (Wildman–Crippen LogP) is 5.29. The minimum Gasteiger partial charge on any atom is -0.484 e. The molecule has 0 aliphatic rings. The molecule has 1 N–H and O–H groups in total. The lowest BCUT2D eigenvalue weighted by molar-refractivity contribution is -0.384. The van der Waals surface area contributed by atoms with Crippen LogP contribution in [0.3, 0.4) is 0 Å². The Bertz CT molecular complexity index is 1020. The molecule has 2 aromatic carbocycles. The predicted molar refractivity (Wildman–Crippen MR) is 105 cm³/mol. The fraction of sp³-hybridized carbons (Fsp3) is 0.150. The van der Waals surface area contributed by atoms with Crippen molar-refractivity contribution in [2.24, 2.45) is 0 Å². The van der Waals surface area contributed by atoms with Gasteiger partial charge in [-0.2, -0.15) is 0 Å². The summed E-state index contributed by atoms with van der Waals surface area (Å²) in [5, 5.41) is 13.9. The number of carbonyl (C=O) groups excluding carboxylic acids is 1. The van der Waals surface area contributed by atoms with E-state index in [-0.39, 0.29) is 34.7 Å². The molecule has 1 heterocycles. The Morgan fingerprint density at radius 1 is 1.18 bits per heavy atom. The number of hydrogen-bond acceptors (Lipinski definition) is 5. The highest BCUT2D eigenvalue weighted by atomic mass is 35.5. The number of amides is 1. The van der Waals surface area contributed by atoms with Crippen LogP contribution in [0.2, 0.25) is 5.02 Å². The van der Waals surface area contributed by atoms with Gasteiger partial charge in [0.25, 0.3) is 11.6 Å². The summed E-state index contributed by atoms with van der Waals surface area (Å²) in [5.41, 5.74) is 2.50. The molecule has 0 unspecified atom stereocenters. The lowest BCUT2D eigenvalue weighted by Gasteiger charge is -2.10. The molecular weight excluding hydrogens is 384 g/mol. The molecule has 8 heteroatoms. The number of carbonyl (C=O) groups is 1. The Hall–Kier alpha value is -3.32. The van der Waals surface area contributed by atoms with Gasteiger partial charge in [0.05, 0.1) is 16.0 Å². The van der Waals surface area contributed by atoms with Gasteiger partial charge in [0.15, 0.2) is 5.76 Å². The summed E-state index contributed by atoms with van der Waals surface area (Å²) in [7, 11) is 0. The third-order valence-corrected chi connectivity index (χ3v) is 4.41. The van der Waals surface area contributed by atoms with Crippen LogP contribution in [0.15, 0.2) is 52.9 Å². The van der Waals surface area contributed by atoms with Crippen molar-refractivity contribution in [3.05, 3.63) is 86.3 Å². The highest BCUT2D eigenvalue weighted by Gasteiger charge is 2.15. The zero-order valence-electron chi connectivity index (χ0n) is 15.2. The Balaban J connectivity index is 1.68. The number of halogens is 1. The van der Waals surface area contributed by atoms with E-state index >= 15 is 0 Å². The van der Waals surface area contributed by atoms with E-state index in [1.165, 1.54) is 24.3 Å². The summed E-state index contributed by atoms with van der Waals surface area (Å²) < 4.78 is 11.0. The highest BCUT2D eigenvalue weighted by Crippen LogP contribution is 2.29. The lowest BCUT2D eigenvalue weighted by atomic mass is 10.1. The maximum Gasteiger partial charge on any atom is 0.291 e. The van der Waals surface area contributed by atoms with E-state index in [0.29, 0.717) is 5.76 Å².